The topological polar surface area (TPSA) is 52.0 Å². The Morgan fingerprint density at radius 1 is 1.42 bits per heavy atom. The molecular weight excluding hydrogens is 260 g/mol. The number of hydrogen-bond acceptors (Lipinski definition) is 4. The van der Waals surface area contributed by atoms with E-state index in [0.717, 1.165) is 16.3 Å². The zero-order valence-corrected chi connectivity index (χ0v) is 11.9. The van der Waals surface area contributed by atoms with E-state index in [1.807, 2.05) is 30.5 Å². The number of aromatic nitrogens is 2. The first-order chi connectivity index (χ1) is 9.08. The van der Waals surface area contributed by atoms with E-state index in [2.05, 4.69) is 4.98 Å². The molecule has 0 N–H and O–H groups in total. The molecule has 100 valence electrons. The van der Waals surface area contributed by atoms with Crippen molar-refractivity contribution in [2.24, 2.45) is 0 Å². The van der Waals surface area contributed by atoms with E-state index in [4.69, 9.17) is 0 Å². The Balaban J connectivity index is 1.97. The van der Waals surface area contributed by atoms with E-state index in [-0.39, 0.29) is 11.5 Å². The molecule has 0 amide bonds. The third-order valence-electron chi connectivity index (χ3n) is 2.93. The van der Waals surface area contributed by atoms with Gasteiger partial charge in [0.2, 0.25) is 0 Å². The maximum absolute atomic E-state index is 11.8. The highest BCUT2D eigenvalue weighted by atomic mass is 32.1. The van der Waals surface area contributed by atoms with Crippen LogP contribution in [0.25, 0.3) is 0 Å². The van der Waals surface area contributed by atoms with Gasteiger partial charge in [0.1, 0.15) is 0 Å². The predicted molar refractivity (Wildman–Crippen MR) is 75.9 cm³/mol. The molecule has 4 nitrogen and oxygen atoms in total. The molecule has 0 aromatic carbocycles. The zero-order valence-electron chi connectivity index (χ0n) is 11.0. The fourth-order valence-corrected chi connectivity index (χ4v) is 2.70. The van der Waals surface area contributed by atoms with Crippen LogP contribution in [0.4, 0.5) is 0 Å². The Morgan fingerprint density at radius 2 is 2.21 bits per heavy atom. The lowest BCUT2D eigenvalue weighted by molar-refractivity contribution is 0.0982. The van der Waals surface area contributed by atoms with Crippen molar-refractivity contribution in [1.29, 1.82) is 0 Å². The molecule has 0 saturated heterocycles. The van der Waals surface area contributed by atoms with E-state index in [1.54, 1.807) is 11.5 Å². The summed E-state index contributed by atoms with van der Waals surface area (Å²) in [6.07, 6.45) is 1.11. The zero-order chi connectivity index (χ0) is 13.8. The summed E-state index contributed by atoms with van der Waals surface area (Å²) in [5.41, 5.74) is 1.38. The van der Waals surface area contributed by atoms with Crippen molar-refractivity contribution in [3.05, 3.63) is 50.3 Å². The van der Waals surface area contributed by atoms with Gasteiger partial charge in [0.25, 0.3) is 0 Å². The Morgan fingerprint density at radius 3 is 2.84 bits per heavy atom. The van der Waals surface area contributed by atoms with Gasteiger partial charge in [0.15, 0.2) is 5.78 Å². The number of aryl methyl sites for hydroxylation is 2. The second-order valence-electron chi connectivity index (χ2n) is 4.48. The van der Waals surface area contributed by atoms with E-state index in [1.165, 1.54) is 11.3 Å². The van der Waals surface area contributed by atoms with Gasteiger partial charge >= 0.3 is 5.69 Å². The van der Waals surface area contributed by atoms with Crippen LogP contribution in [0.3, 0.4) is 0 Å². The second-order valence-corrected chi connectivity index (χ2v) is 5.42. The summed E-state index contributed by atoms with van der Waals surface area (Å²) in [5.74, 6) is 0.140. The van der Waals surface area contributed by atoms with Crippen LogP contribution in [-0.4, -0.2) is 15.3 Å². The molecule has 0 bridgehead atoms. The number of ketones is 1. The van der Waals surface area contributed by atoms with E-state index >= 15 is 0 Å². The molecule has 2 rings (SSSR count). The first-order valence-corrected chi connectivity index (χ1v) is 7.07. The van der Waals surface area contributed by atoms with Crippen LogP contribution in [0, 0.1) is 13.8 Å². The predicted octanol–water partition coefficient (Wildman–Crippen LogP) is 2.58. The number of carbonyl (C=O) groups excluding carboxylic acids is 1. The molecule has 0 aliphatic rings. The third kappa shape index (κ3) is 3.38. The highest BCUT2D eigenvalue weighted by Crippen LogP contribution is 2.12. The minimum Gasteiger partial charge on any atom is -0.297 e. The molecule has 2 aromatic heterocycles. The lowest BCUT2D eigenvalue weighted by Crippen LogP contribution is -2.25. The first-order valence-electron chi connectivity index (χ1n) is 6.19. The first kappa shape index (κ1) is 13.7. The minimum atomic E-state index is -0.235. The van der Waals surface area contributed by atoms with Gasteiger partial charge in [-0.05, 0) is 37.8 Å². The van der Waals surface area contributed by atoms with Gasteiger partial charge in [0, 0.05) is 24.4 Å². The number of Topliss-reactive ketones (excluding diaryl/α,β-unsaturated/α-hetero) is 1. The number of thiophene rings is 1. The van der Waals surface area contributed by atoms with Crippen molar-refractivity contribution in [1.82, 2.24) is 9.55 Å². The Labute approximate surface area is 115 Å². The van der Waals surface area contributed by atoms with Gasteiger partial charge in [-0.2, -0.15) is 4.98 Å². The molecule has 0 spiro atoms. The van der Waals surface area contributed by atoms with Crippen LogP contribution >= 0.6 is 11.3 Å². The Hall–Kier alpha value is -1.75. The molecule has 5 heteroatoms. The molecule has 2 aromatic rings. The minimum absolute atomic E-state index is 0.140. The van der Waals surface area contributed by atoms with Crippen LogP contribution in [0.15, 0.2) is 28.4 Å². The standard InChI is InChI=1S/C14H16N2O2S/c1-10-9-11(2)16(14(18)15-10)7-3-5-12(17)13-6-4-8-19-13/h4,6,8-9H,3,5,7H2,1-2H3. The van der Waals surface area contributed by atoms with Crippen LogP contribution < -0.4 is 5.69 Å². The van der Waals surface area contributed by atoms with Crippen molar-refractivity contribution in [2.45, 2.75) is 33.2 Å². The monoisotopic (exact) mass is 276 g/mol. The molecule has 0 aliphatic heterocycles. The van der Waals surface area contributed by atoms with Gasteiger partial charge in [-0.25, -0.2) is 4.79 Å². The molecule has 0 unspecified atom stereocenters. The number of nitrogens with zero attached hydrogens (tertiary/aromatic N) is 2. The largest absolute Gasteiger partial charge is 0.347 e. The van der Waals surface area contributed by atoms with Crippen LogP contribution in [-0.2, 0) is 6.54 Å². The number of rotatable bonds is 5. The fourth-order valence-electron chi connectivity index (χ4n) is 2.00. The van der Waals surface area contributed by atoms with Gasteiger partial charge < -0.3 is 0 Å². The van der Waals surface area contributed by atoms with Gasteiger partial charge in [-0.1, -0.05) is 6.07 Å². The smallest absolute Gasteiger partial charge is 0.297 e. The maximum atomic E-state index is 11.8. The molecule has 0 radical (unpaired) electrons. The van der Waals surface area contributed by atoms with Crippen LogP contribution in [0.1, 0.15) is 33.9 Å². The summed E-state index contributed by atoms with van der Waals surface area (Å²) in [7, 11) is 0. The van der Waals surface area contributed by atoms with Crippen molar-refractivity contribution in [3.8, 4) is 0 Å². The second kappa shape index (κ2) is 5.93. The highest BCUT2D eigenvalue weighted by Gasteiger charge is 2.08. The van der Waals surface area contributed by atoms with Gasteiger partial charge in [-0.15, -0.1) is 11.3 Å². The lowest BCUT2D eigenvalue weighted by atomic mass is 10.2. The summed E-state index contributed by atoms with van der Waals surface area (Å²) in [6, 6.07) is 5.58. The van der Waals surface area contributed by atoms with Crippen molar-refractivity contribution < 1.29 is 4.79 Å². The number of hydrogen-bond donors (Lipinski definition) is 0. The molecule has 2 heterocycles. The SMILES string of the molecule is Cc1cc(C)n(CCCC(=O)c2cccs2)c(=O)n1. The van der Waals surface area contributed by atoms with Crippen molar-refractivity contribution in [3.63, 3.8) is 0 Å². The lowest BCUT2D eigenvalue weighted by Gasteiger charge is -2.08. The molecule has 0 atom stereocenters. The molecule has 0 fully saturated rings. The van der Waals surface area contributed by atoms with E-state index in [0.29, 0.717) is 19.4 Å². The molecular formula is C14H16N2O2S. The van der Waals surface area contributed by atoms with Crippen LogP contribution in [0.2, 0.25) is 0 Å². The summed E-state index contributed by atoms with van der Waals surface area (Å²) in [4.78, 5) is 28.3. The van der Waals surface area contributed by atoms with Gasteiger partial charge in [0.05, 0.1) is 4.88 Å². The third-order valence-corrected chi connectivity index (χ3v) is 3.84. The van der Waals surface area contributed by atoms with Crippen LogP contribution in [0.5, 0.6) is 0 Å². The maximum Gasteiger partial charge on any atom is 0.347 e. The summed E-state index contributed by atoms with van der Waals surface area (Å²) in [6.45, 7) is 4.23. The normalized spacial score (nSPS) is 10.6. The average molecular weight is 276 g/mol. The molecule has 0 saturated carbocycles. The highest BCUT2D eigenvalue weighted by molar-refractivity contribution is 7.12. The molecule has 19 heavy (non-hydrogen) atoms. The summed E-state index contributed by atoms with van der Waals surface area (Å²) in [5, 5.41) is 1.89. The van der Waals surface area contributed by atoms with E-state index < -0.39 is 0 Å². The quantitative estimate of drug-likeness (QED) is 0.789. The average Bonchev–Trinajstić information content (AvgIpc) is 2.85. The number of carbonyl (C=O) groups is 1. The Kier molecular flexibility index (Phi) is 4.27. The van der Waals surface area contributed by atoms with Crippen molar-refractivity contribution in [2.75, 3.05) is 0 Å². The fraction of sp³-hybridized carbons (Fsp3) is 0.357. The van der Waals surface area contributed by atoms with Gasteiger partial charge in [-0.3, -0.25) is 9.36 Å². The summed E-state index contributed by atoms with van der Waals surface area (Å²) < 4.78 is 1.62. The Bertz CT molecular complexity index is 629. The molecule has 0 aliphatic carbocycles. The van der Waals surface area contributed by atoms with E-state index in [9.17, 15) is 9.59 Å². The van der Waals surface area contributed by atoms with Crippen molar-refractivity contribution >= 4 is 17.1 Å². The summed E-state index contributed by atoms with van der Waals surface area (Å²) >= 11 is 1.46.